The summed E-state index contributed by atoms with van der Waals surface area (Å²) in [7, 11) is 3.16. The van der Waals surface area contributed by atoms with E-state index in [0.717, 1.165) is 16.7 Å². The highest BCUT2D eigenvalue weighted by Gasteiger charge is 2.20. The standard InChI is InChI=1S/C20H21N3O4S/c1-12-5-7-14(8-6-12)15-10-28-18-17(15)20(26)23(11-21-18)9-16(24)27-13(2)19(25)22(3)4/h5-8,10-11,13H,9H2,1-4H3/t13-/m0/s1. The lowest BCUT2D eigenvalue weighted by atomic mass is 10.1. The van der Waals surface area contributed by atoms with Crippen LogP contribution < -0.4 is 5.56 Å². The number of amides is 1. The molecule has 2 heterocycles. The van der Waals surface area contributed by atoms with Crippen molar-refractivity contribution in [1.29, 1.82) is 0 Å². The van der Waals surface area contributed by atoms with Crippen LogP contribution in [0.2, 0.25) is 0 Å². The van der Waals surface area contributed by atoms with E-state index in [4.69, 9.17) is 4.74 Å². The van der Waals surface area contributed by atoms with Crippen LogP contribution in [0.3, 0.4) is 0 Å². The van der Waals surface area contributed by atoms with Gasteiger partial charge in [-0.3, -0.25) is 19.0 Å². The second-order valence-electron chi connectivity index (χ2n) is 6.74. The number of aryl methyl sites for hydroxylation is 1. The molecule has 28 heavy (non-hydrogen) atoms. The van der Waals surface area contributed by atoms with Crippen LogP contribution in [0.15, 0.2) is 40.8 Å². The maximum atomic E-state index is 13.0. The molecule has 0 saturated carbocycles. The number of likely N-dealkylation sites (N-methyl/N-ethyl adjacent to an activating group) is 1. The van der Waals surface area contributed by atoms with Gasteiger partial charge in [0.15, 0.2) is 6.10 Å². The molecule has 0 spiro atoms. The Morgan fingerprint density at radius 2 is 1.93 bits per heavy atom. The molecule has 2 aromatic heterocycles. The zero-order valence-electron chi connectivity index (χ0n) is 16.1. The maximum absolute atomic E-state index is 13.0. The minimum Gasteiger partial charge on any atom is -0.451 e. The van der Waals surface area contributed by atoms with Gasteiger partial charge in [-0.1, -0.05) is 29.8 Å². The minimum absolute atomic E-state index is 0.310. The van der Waals surface area contributed by atoms with Crippen LogP contribution in [0.25, 0.3) is 21.3 Å². The van der Waals surface area contributed by atoms with E-state index < -0.39 is 12.1 Å². The third kappa shape index (κ3) is 3.96. The van der Waals surface area contributed by atoms with E-state index in [1.165, 1.54) is 34.1 Å². The molecule has 1 aromatic carbocycles. The number of nitrogens with zero attached hydrogens (tertiary/aromatic N) is 3. The van der Waals surface area contributed by atoms with Crippen molar-refractivity contribution >= 4 is 33.4 Å². The quantitative estimate of drug-likeness (QED) is 0.616. The normalized spacial score (nSPS) is 12.0. The molecule has 0 unspecified atom stereocenters. The molecule has 0 fully saturated rings. The highest BCUT2D eigenvalue weighted by Crippen LogP contribution is 2.30. The fourth-order valence-corrected chi connectivity index (χ4v) is 3.72. The van der Waals surface area contributed by atoms with Gasteiger partial charge in [0.2, 0.25) is 0 Å². The Morgan fingerprint density at radius 1 is 1.25 bits per heavy atom. The number of hydrogen-bond acceptors (Lipinski definition) is 6. The fraction of sp³-hybridized carbons (Fsp3) is 0.300. The summed E-state index contributed by atoms with van der Waals surface area (Å²) in [5.74, 6) is -0.994. The Labute approximate surface area is 166 Å². The van der Waals surface area contributed by atoms with Crippen molar-refractivity contribution in [3.63, 3.8) is 0 Å². The zero-order valence-corrected chi connectivity index (χ0v) is 16.9. The summed E-state index contributed by atoms with van der Waals surface area (Å²) >= 11 is 1.38. The Kier molecular flexibility index (Phi) is 5.60. The number of rotatable bonds is 5. The fourth-order valence-electron chi connectivity index (χ4n) is 2.81. The van der Waals surface area contributed by atoms with Crippen molar-refractivity contribution in [1.82, 2.24) is 14.5 Å². The molecule has 1 amide bonds. The third-order valence-electron chi connectivity index (χ3n) is 4.32. The molecule has 7 nitrogen and oxygen atoms in total. The average molecular weight is 399 g/mol. The van der Waals surface area contributed by atoms with Gasteiger partial charge in [-0.15, -0.1) is 11.3 Å². The van der Waals surface area contributed by atoms with Gasteiger partial charge in [0.05, 0.1) is 11.7 Å². The number of carbonyl (C=O) groups excluding carboxylic acids is 2. The molecule has 8 heteroatoms. The molecule has 0 N–H and O–H groups in total. The largest absolute Gasteiger partial charge is 0.451 e. The van der Waals surface area contributed by atoms with E-state index in [-0.39, 0.29) is 18.0 Å². The summed E-state index contributed by atoms with van der Waals surface area (Å²) in [4.78, 5) is 43.2. The maximum Gasteiger partial charge on any atom is 0.326 e. The third-order valence-corrected chi connectivity index (χ3v) is 5.21. The smallest absolute Gasteiger partial charge is 0.326 e. The van der Waals surface area contributed by atoms with Gasteiger partial charge in [-0.25, -0.2) is 4.98 Å². The van der Waals surface area contributed by atoms with Crippen molar-refractivity contribution in [3.8, 4) is 11.1 Å². The van der Waals surface area contributed by atoms with Gasteiger partial charge >= 0.3 is 5.97 Å². The number of aromatic nitrogens is 2. The molecule has 3 rings (SSSR count). The summed E-state index contributed by atoms with van der Waals surface area (Å²) in [5, 5.41) is 2.37. The SMILES string of the molecule is Cc1ccc(-c2csc3ncn(CC(=O)O[C@@H](C)C(=O)N(C)C)c(=O)c23)cc1. The van der Waals surface area contributed by atoms with Crippen molar-refractivity contribution in [2.45, 2.75) is 26.5 Å². The van der Waals surface area contributed by atoms with E-state index >= 15 is 0 Å². The first-order chi connectivity index (χ1) is 13.3. The van der Waals surface area contributed by atoms with Gasteiger partial charge in [0.1, 0.15) is 11.4 Å². The Bertz CT molecular complexity index is 1080. The highest BCUT2D eigenvalue weighted by atomic mass is 32.1. The molecule has 0 saturated heterocycles. The van der Waals surface area contributed by atoms with Gasteiger partial charge < -0.3 is 9.64 Å². The van der Waals surface area contributed by atoms with Crippen LogP contribution in [-0.4, -0.2) is 46.5 Å². The summed E-state index contributed by atoms with van der Waals surface area (Å²) in [6.45, 7) is 3.19. The first-order valence-electron chi connectivity index (χ1n) is 8.72. The van der Waals surface area contributed by atoms with Crippen molar-refractivity contribution < 1.29 is 14.3 Å². The molecule has 3 aromatic rings. The molecular weight excluding hydrogens is 378 g/mol. The first kappa shape index (κ1) is 19.8. The molecular formula is C20H21N3O4S. The van der Waals surface area contributed by atoms with Crippen molar-refractivity contribution in [3.05, 3.63) is 51.9 Å². The van der Waals surface area contributed by atoms with E-state index in [2.05, 4.69) is 4.98 Å². The monoisotopic (exact) mass is 399 g/mol. The summed E-state index contributed by atoms with van der Waals surface area (Å²) in [6, 6.07) is 7.87. The van der Waals surface area contributed by atoms with Crippen LogP contribution in [-0.2, 0) is 20.9 Å². The highest BCUT2D eigenvalue weighted by molar-refractivity contribution is 7.17. The van der Waals surface area contributed by atoms with Crippen molar-refractivity contribution in [2.75, 3.05) is 14.1 Å². The minimum atomic E-state index is -0.917. The zero-order chi connectivity index (χ0) is 20.4. The number of fused-ring (bicyclic) bond motifs is 1. The lowest BCUT2D eigenvalue weighted by Crippen LogP contribution is -2.36. The van der Waals surface area contributed by atoms with Gasteiger partial charge in [-0.05, 0) is 19.4 Å². The van der Waals surface area contributed by atoms with Gasteiger partial charge in [0, 0.05) is 25.0 Å². The number of thiophene rings is 1. The average Bonchev–Trinajstić information content (AvgIpc) is 3.08. The van der Waals surface area contributed by atoms with Crippen LogP contribution in [0, 0.1) is 6.92 Å². The molecule has 0 bridgehead atoms. The van der Waals surface area contributed by atoms with Crippen LogP contribution >= 0.6 is 11.3 Å². The summed E-state index contributed by atoms with van der Waals surface area (Å²) in [6.07, 6.45) is 0.416. The molecule has 0 radical (unpaired) electrons. The predicted octanol–water partition coefficient (Wildman–Crippen LogP) is 2.45. The van der Waals surface area contributed by atoms with E-state index in [1.807, 2.05) is 36.6 Å². The molecule has 0 aliphatic carbocycles. The molecule has 0 aliphatic rings. The van der Waals surface area contributed by atoms with E-state index in [9.17, 15) is 14.4 Å². The number of ether oxygens (including phenoxy) is 1. The first-order valence-corrected chi connectivity index (χ1v) is 9.60. The predicted molar refractivity (Wildman–Crippen MR) is 108 cm³/mol. The van der Waals surface area contributed by atoms with Crippen LogP contribution in [0.5, 0.6) is 0 Å². The van der Waals surface area contributed by atoms with E-state index in [1.54, 1.807) is 14.1 Å². The van der Waals surface area contributed by atoms with Crippen LogP contribution in [0.4, 0.5) is 0 Å². The van der Waals surface area contributed by atoms with Crippen molar-refractivity contribution in [2.24, 2.45) is 0 Å². The number of benzene rings is 1. The van der Waals surface area contributed by atoms with Gasteiger partial charge in [0.25, 0.3) is 11.5 Å². The number of esters is 1. The second kappa shape index (κ2) is 7.93. The molecule has 146 valence electrons. The Morgan fingerprint density at radius 3 is 2.57 bits per heavy atom. The topological polar surface area (TPSA) is 81.5 Å². The molecule has 1 atom stereocenters. The lowest BCUT2D eigenvalue weighted by molar-refractivity contribution is -0.158. The number of carbonyl (C=O) groups is 2. The lowest BCUT2D eigenvalue weighted by Gasteiger charge is -2.17. The van der Waals surface area contributed by atoms with Gasteiger partial charge in [-0.2, -0.15) is 0 Å². The Balaban J connectivity index is 1.89. The Hall–Kier alpha value is -3.00. The van der Waals surface area contributed by atoms with Crippen LogP contribution in [0.1, 0.15) is 12.5 Å². The van der Waals surface area contributed by atoms with E-state index in [0.29, 0.717) is 10.2 Å². The molecule has 0 aliphatic heterocycles. The summed E-state index contributed by atoms with van der Waals surface area (Å²) in [5.41, 5.74) is 2.52. The number of hydrogen-bond donors (Lipinski definition) is 0. The summed E-state index contributed by atoms with van der Waals surface area (Å²) < 4.78 is 6.35. The second-order valence-corrected chi connectivity index (χ2v) is 7.60.